The summed E-state index contributed by atoms with van der Waals surface area (Å²) in [6.07, 6.45) is 1.02. The Morgan fingerprint density at radius 2 is 2.04 bits per heavy atom. The molecule has 0 spiro atoms. The Hall–Kier alpha value is -1.85. The van der Waals surface area contributed by atoms with Gasteiger partial charge in [-0.25, -0.2) is 4.39 Å². The lowest BCUT2D eigenvalue weighted by Crippen LogP contribution is -2.33. The van der Waals surface area contributed by atoms with Crippen molar-refractivity contribution in [3.63, 3.8) is 0 Å². The Bertz CT molecular complexity index is 693. The van der Waals surface area contributed by atoms with Gasteiger partial charge in [0.2, 0.25) is 5.91 Å². The third-order valence-electron chi connectivity index (χ3n) is 3.99. The standard InChI is InChI=1S/C18H19FN2OS/c19-14-8-4-7-13-16(9-10-23-18(13)14)21-17(22)11-15(20)12-5-2-1-3-6-12/h1-8,15-16H,9-11,20H2,(H,21,22). The summed E-state index contributed by atoms with van der Waals surface area (Å²) in [5.41, 5.74) is 7.90. The van der Waals surface area contributed by atoms with Gasteiger partial charge >= 0.3 is 0 Å². The highest BCUT2D eigenvalue weighted by Gasteiger charge is 2.25. The Morgan fingerprint density at radius 3 is 2.83 bits per heavy atom. The molecule has 0 fully saturated rings. The van der Waals surface area contributed by atoms with E-state index in [0.29, 0.717) is 4.90 Å². The van der Waals surface area contributed by atoms with Crippen molar-refractivity contribution in [1.82, 2.24) is 5.32 Å². The molecule has 3 nitrogen and oxygen atoms in total. The maximum Gasteiger partial charge on any atom is 0.222 e. The molecule has 0 saturated heterocycles. The van der Waals surface area contributed by atoms with E-state index in [0.717, 1.165) is 23.3 Å². The molecular weight excluding hydrogens is 311 g/mol. The Kier molecular flexibility index (Phi) is 4.98. The van der Waals surface area contributed by atoms with Crippen LogP contribution in [0.15, 0.2) is 53.4 Å². The smallest absolute Gasteiger partial charge is 0.222 e. The number of hydrogen-bond donors (Lipinski definition) is 2. The van der Waals surface area contributed by atoms with Gasteiger partial charge in [0, 0.05) is 23.1 Å². The molecule has 1 heterocycles. The van der Waals surface area contributed by atoms with E-state index in [9.17, 15) is 9.18 Å². The second-order valence-electron chi connectivity index (χ2n) is 5.64. The summed E-state index contributed by atoms with van der Waals surface area (Å²) in [6, 6.07) is 14.1. The van der Waals surface area contributed by atoms with Crippen LogP contribution >= 0.6 is 11.8 Å². The minimum Gasteiger partial charge on any atom is -0.349 e. The Labute approximate surface area is 139 Å². The molecule has 3 rings (SSSR count). The first kappa shape index (κ1) is 16.0. The van der Waals surface area contributed by atoms with Crippen molar-refractivity contribution in [2.75, 3.05) is 5.75 Å². The summed E-state index contributed by atoms with van der Waals surface area (Å²) in [5, 5.41) is 3.00. The van der Waals surface area contributed by atoms with Gasteiger partial charge in [0.15, 0.2) is 0 Å². The van der Waals surface area contributed by atoms with Crippen LogP contribution in [0.1, 0.15) is 36.1 Å². The molecule has 0 aromatic heterocycles. The van der Waals surface area contributed by atoms with Gasteiger partial charge in [0.05, 0.1) is 6.04 Å². The fraction of sp³-hybridized carbons (Fsp3) is 0.278. The summed E-state index contributed by atoms with van der Waals surface area (Å²) >= 11 is 1.51. The number of carbonyl (C=O) groups excluding carboxylic acids is 1. The first-order chi connectivity index (χ1) is 11.1. The first-order valence-corrected chi connectivity index (χ1v) is 8.65. The number of nitrogens with two attached hydrogens (primary N) is 1. The van der Waals surface area contributed by atoms with E-state index >= 15 is 0 Å². The van der Waals surface area contributed by atoms with Crippen LogP contribution in [0.25, 0.3) is 0 Å². The van der Waals surface area contributed by atoms with E-state index < -0.39 is 0 Å². The van der Waals surface area contributed by atoms with Gasteiger partial charge in [-0.15, -0.1) is 11.8 Å². The van der Waals surface area contributed by atoms with Crippen molar-refractivity contribution >= 4 is 17.7 Å². The molecule has 3 N–H and O–H groups in total. The molecule has 1 aliphatic heterocycles. The summed E-state index contributed by atoms with van der Waals surface area (Å²) in [4.78, 5) is 12.9. The molecule has 0 saturated carbocycles. The average Bonchev–Trinajstić information content (AvgIpc) is 2.56. The lowest BCUT2D eigenvalue weighted by Gasteiger charge is -2.26. The predicted octanol–water partition coefficient (Wildman–Crippen LogP) is 3.57. The zero-order chi connectivity index (χ0) is 16.2. The Morgan fingerprint density at radius 1 is 1.26 bits per heavy atom. The predicted molar refractivity (Wildman–Crippen MR) is 90.6 cm³/mol. The number of carbonyl (C=O) groups is 1. The highest BCUT2D eigenvalue weighted by Crippen LogP contribution is 2.37. The van der Waals surface area contributed by atoms with Crippen LogP contribution in [0, 0.1) is 5.82 Å². The van der Waals surface area contributed by atoms with Crippen LogP contribution in [-0.2, 0) is 4.79 Å². The monoisotopic (exact) mass is 330 g/mol. The SMILES string of the molecule is NC(CC(=O)NC1CCSc2c(F)cccc21)c1ccccc1. The normalized spacial score (nSPS) is 18.1. The van der Waals surface area contributed by atoms with Crippen LogP contribution < -0.4 is 11.1 Å². The van der Waals surface area contributed by atoms with Crippen LogP contribution in [-0.4, -0.2) is 11.7 Å². The fourth-order valence-electron chi connectivity index (χ4n) is 2.81. The number of fused-ring (bicyclic) bond motifs is 1. The minimum absolute atomic E-state index is 0.103. The second-order valence-corrected chi connectivity index (χ2v) is 6.74. The van der Waals surface area contributed by atoms with Crippen molar-refractivity contribution in [2.24, 2.45) is 5.73 Å². The topological polar surface area (TPSA) is 55.1 Å². The summed E-state index contributed by atoms with van der Waals surface area (Å²) in [7, 11) is 0. The van der Waals surface area contributed by atoms with Crippen molar-refractivity contribution in [3.05, 3.63) is 65.5 Å². The number of rotatable bonds is 4. The number of benzene rings is 2. The van der Waals surface area contributed by atoms with Gasteiger partial charge in [0.25, 0.3) is 0 Å². The zero-order valence-corrected chi connectivity index (χ0v) is 13.5. The van der Waals surface area contributed by atoms with Crippen LogP contribution in [0.5, 0.6) is 0 Å². The van der Waals surface area contributed by atoms with E-state index in [1.165, 1.54) is 17.8 Å². The minimum atomic E-state index is -0.332. The summed E-state index contributed by atoms with van der Waals surface area (Å²) in [5.74, 6) is 0.477. The van der Waals surface area contributed by atoms with Crippen molar-refractivity contribution in [2.45, 2.75) is 29.8 Å². The number of hydrogen-bond acceptors (Lipinski definition) is 3. The van der Waals surface area contributed by atoms with Gasteiger partial charge in [-0.3, -0.25) is 4.79 Å². The molecule has 2 aromatic rings. The molecule has 2 atom stereocenters. The molecule has 2 aromatic carbocycles. The van der Waals surface area contributed by atoms with Crippen LogP contribution in [0.2, 0.25) is 0 Å². The molecular formula is C18H19FN2OS. The van der Waals surface area contributed by atoms with E-state index in [1.54, 1.807) is 6.07 Å². The van der Waals surface area contributed by atoms with Crippen molar-refractivity contribution < 1.29 is 9.18 Å². The second kappa shape index (κ2) is 7.15. The van der Waals surface area contributed by atoms with Gasteiger partial charge < -0.3 is 11.1 Å². The molecule has 0 radical (unpaired) electrons. The van der Waals surface area contributed by atoms with Gasteiger partial charge in [-0.2, -0.15) is 0 Å². The van der Waals surface area contributed by atoms with Gasteiger partial charge in [-0.1, -0.05) is 42.5 Å². The van der Waals surface area contributed by atoms with Gasteiger partial charge in [-0.05, 0) is 23.6 Å². The maximum absolute atomic E-state index is 13.9. The Balaban J connectivity index is 1.67. The zero-order valence-electron chi connectivity index (χ0n) is 12.7. The third-order valence-corrected chi connectivity index (χ3v) is 5.15. The highest BCUT2D eigenvalue weighted by molar-refractivity contribution is 7.99. The fourth-order valence-corrected chi connectivity index (χ4v) is 3.95. The lowest BCUT2D eigenvalue weighted by atomic mass is 10.0. The molecule has 0 aliphatic carbocycles. The average molecular weight is 330 g/mol. The third kappa shape index (κ3) is 3.74. The molecule has 23 heavy (non-hydrogen) atoms. The van der Waals surface area contributed by atoms with E-state index in [-0.39, 0.29) is 30.2 Å². The molecule has 2 unspecified atom stereocenters. The first-order valence-electron chi connectivity index (χ1n) is 7.66. The van der Waals surface area contributed by atoms with E-state index in [2.05, 4.69) is 5.32 Å². The number of halogens is 1. The van der Waals surface area contributed by atoms with Crippen LogP contribution in [0.4, 0.5) is 4.39 Å². The molecule has 1 amide bonds. The molecule has 120 valence electrons. The molecule has 5 heteroatoms. The van der Waals surface area contributed by atoms with Gasteiger partial charge in [0.1, 0.15) is 5.82 Å². The number of thioether (sulfide) groups is 1. The molecule has 0 bridgehead atoms. The number of nitrogens with one attached hydrogen (secondary N) is 1. The van der Waals surface area contributed by atoms with E-state index in [4.69, 9.17) is 5.73 Å². The van der Waals surface area contributed by atoms with Crippen LogP contribution in [0.3, 0.4) is 0 Å². The lowest BCUT2D eigenvalue weighted by molar-refractivity contribution is -0.122. The molecule has 1 aliphatic rings. The van der Waals surface area contributed by atoms with Crippen molar-refractivity contribution in [1.29, 1.82) is 0 Å². The quantitative estimate of drug-likeness (QED) is 0.901. The maximum atomic E-state index is 13.9. The van der Waals surface area contributed by atoms with E-state index in [1.807, 2.05) is 36.4 Å². The summed E-state index contributed by atoms with van der Waals surface area (Å²) in [6.45, 7) is 0. The summed E-state index contributed by atoms with van der Waals surface area (Å²) < 4.78 is 13.9. The highest BCUT2D eigenvalue weighted by atomic mass is 32.2. The van der Waals surface area contributed by atoms with Crippen molar-refractivity contribution in [3.8, 4) is 0 Å². The largest absolute Gasteiger partial charge is 0.349 e. The number of amides is 1.